The van der Waals surface area contributed by atoms with Crippen LogP contribution in [0.3, 0.4) is 0 Å². The van der Waals surface area contributed by atoms with Crippen LogP contribution in [0.5, 0.6) is 0 Å². The predicted octanol–water partition coefficient (Wildman–Crippen LogP) is 1.79. The number of aldehydes is 1. The molecule has 2 aliphatic rings. The molecule has 1 aliphatic heterocycles. The molecule has 88 valence electrons. The van der Waals surface area contributed by atoms with Gasteiger partial charge in [0.1, 0.15) is 12.0 Å². The van der Waals surface area contributed by atoms with Gasteiger partial charge in [-0.2, -0.15) is 0 Å². The van der Waals surface area contributed by atoms with Crippen molar-refractivity contribution in [1.82, 2.24) is 0 Å². The minimum Gasteiger partial charge on any atom is -0.457 e. The van der Waals surface area contributed by atoms with Gasteiger partial charge in [-0.15, -0.1) is 0 Å². The number of hydrogen-bond donors (Lipinski definition) is 0. The summed E-state index contributed by atoms with van der Waals surface area (Å²) in [4.78, 5) is 21.7. The standard InChI is InChI=1S/C12H16O4/c1-12(2)15-10(6-11(14)16-12)4-3-8-5-9(8)7-13/h6-9H,3-5H2,1-2H3. The van der Waals surface area contributed by atoms with Crippen LogP contribution < -0.4 is 0 Å². The van der Waals surface area contributed by atoms with Crippen molar-refractivity contribution >= 4 is 12.3 Å². The van der Waals surface area contributed by atoms with E-state index >= 15 is 0 Å². The summed E-state index contributed by atoms with van der Waals surface area (Å²) in [6.07, 6.45) is 4.99. The highest BCUT2D eigenvalue weighted by Gasteiger charge is 2.37. The molecule has 2 unspecified atom stereocenters. The number of rotatable bonds is 4. The van der Waals surface area contributed by atoms with Crippen molar-refractivity contribution in [1.29, 1.82) is 0 Å². The second kappa shape index (κ2) is 3.92. The summed E-state index contributed by atoms with van der Waals surface area (Å²) in [5.41, 5.74) is 0. The van der Waals surface area contributed by atoms with Crippen LogP contribution in [0.25, 0.3) is 0 Å². The molecule has 0 aromatic carbocycles. The highest BCUT2D eigenvalue weighted by molar-refractivity contribution is 5.83. The van der Waals surface area contributed by atoms with Crippen molar-refractivity contribution < 1.29 is 19.1 Å². The molecule has 0 radical (unpaired) electrons. The number of cyclic esters (lactones) is 1. The Kier molecular flexibility index (Phi) is 2.74. The fourth-order valence-corrected chi connectivity index (χ4v) is 1.99. The van der Waals surface area contributed by atoms with Gasteiger partial charge in [0.2, 0.25) is 5.79 Å². The zero-order chi connectivity index (χ0) is 11.8. The maximum atomic E-state index is 11.2. The summed E-state index contributed by atoms with van der Waals surface area (Å²) in [6.45, 7) is 3.42. The van der Waals surface area contributed by atoms with Gasteiger partial charge in [-0.05, 0) is 18.8 Å². The van der Waals surface area contributed by atoms with Crippen LogP contribution in [0.2, 0.25) is 0 Å². The van der Waals surface area contributed by atoms with E-state index in [0.29, 0.717) is 18.1 Å². The molecule has 2 atom stereocenters. The lowest BCUT2D eigenvalue weighted by Crippen LogP contribution is -2.34. The molecule has 0 bridgehead atoms. The van der Waals surface area contributed by atoms with Crippen molar-refractivity contribution in [3.05, 3.63) is 11.8 Å². The second-order valence-corrected chi connectivity index (χ2v) is 4.87. The molecule has 1 saturated carbocycles. The van der Waals surface area contributed by atoms with Gasteiger partial charge in [0.05, 0.1) is 6.08 Å². The molecular weight excluding hydrogens is 208 g/mol. The lowest BCUT2D eigenvalue weighted by atomic mass is 10.1. The zero-order valence-electron chi connectivity index (χ0n) is 9.56. The molecule has 2 rings (SSSR count). The summed E-state index contributed by atoms with van der Waals surface area (Å²) >= 11 is 0. The van der Waals surface area contributed by atoms with Crippen LogP contribution in [0.15, 0.2) is 11.8 Å². The SMILES string of the molecule is CC1(C)OC(=O)C=C(CCC2CC2C=O)O1. The largest absolute Gasteiger partial charge is 0.457 e. The molecule has 16 heavy (non-hydrogen) atoms. The van der Waals surface area contributed by atoms with Gasteiger partial charge >= 0.3 is 5.97 Å². The smallest absolute Gasteiger partial charge is 0.337 e. The van der Waals surface area contributed by atoms with E-state index in [4.69, 9.17) is 9.47 Å². The molecular formula is C12H16O4. The number of ether oxygens (including phenoxy) is 2. The molecule has 1 aliphatic carbocycles. The Morgan fingerprint density at radius 3 is 2.81 bits per heavy atom. The molecule has 0 aromatic rings. The third-order valence-corrected chi connectivity index (χ3v) is 2.92. The Bertz CT molecular complexity index is 343. The molecule has 1 fully saturated rings. The molecule has 0 saturated heterocycles. The summed E-state index contributed by atoms with van der Waals surface area (Å²) in [5.74, 6) is 0.147. The molecule has 4 nitrogen and oxygen atoms in total. The Morgan fingerprint density at radius 1 is 1.50 bits per heavy atom. The van der Waals surface area contributed by atoms with Crippen molar-refractivity contribution in [2.45, 2.75) is 38.9 Å². The van der Waals surface area contributed by atoms with Crippen LogP contribution >= 0.6 is 0 Å². The van der Waals surface area contributed by atoms with E-state index in [-0.39, 0.29) is 11.9 Å². The van der Waals surface area contributed by atoms with E-state index in [1.807, 2.05) is 0 Å². The van der Waals surface area contributed by atoms with Crippen LogP contribution in [0, 0.1) is 11.8 Å². The maximum absolute atomic E-state index is 11.2. The Labute approximate surface area is 94.6 Å². The van der Waals surface area contributed by atoms with Crippen LogP contribution in [-0.2, 0) is 19.1 Å². The lowest BCUT2D eigenvalue weighted by molar-refractivity contribution is -0.206. The summed E-state index contributed by atoms with van der Waals surface area (Å²) in [7, 11) is 0. The van der Waals surface area contributed by atoms with E-state index in [0.717, 1.165) is 19.1 Å². The molecule has 0 amide bonds. The third-order valence-electron chi connectivity index (χ3n) is 2.92. The first-order valence-electron chi connectivity index (χ1n) is 5.58. The third kappa shape index (κ3) is 2.62. The number of carbonyl (C=O) groups is 2. The fraction of sp³-hybridized carbons (Fsp3) is 0.667. The topological polar surface area (TPSA) is 52.6 Å². The Hall–Kier alpha value is -1.32. The molecule has 0 aromatic heterocycles. The van der Waals surface area contributed by atoms with Crippen molar-refractivity contribution in [2.75, 3.05) is 0 Å². The molecule has 0 spiro atoms. The van der Waals surface area contributed by atoms with E-state index in [9.17, 15) is 9.59 Å². The van der Waals surface area contributed by atoms with E-state index < -0.39 is 5.79 Å². The van der Waals surface area contributed by atoms with Gasteiger partial charge < -0.3 is 14.3 Å². The molecule has 0 N–H and O–H groups in total. The summed E-state index contributed by atoms with van der Waals surface area (Å²) in [5, 5.41) is 0. The molecule has 4 heteroatoms. The minimum atomic E-state index is -0.866. The van der Waals surface area contributed by atoms with Crippen LogP contribution in [-0.4, -0.2) is 18.0 Å². The average Bonchev–Trinajstić information content (AvgIpc) is 2.90. The first-order chi connectivity index (χ1) is 7.50. The van der Waals surface area contributed by atoms with Gasteiger partial charge in [-0.3, -0.25) is 0 Å². The maximum Gasteiger partial charge on any atom is 0.337 e. The highest BCUT2D eigenvalue weighted by atomic mass is 16.7. The number of carbonyl (C=O) groups excluding carboxylic acids is 2. The van der Waals surface area contributed by atoms with E-state index in [1.54, 1.807) is 13.8 Å². The lowest BCUT2D eigenvalue weighted by Gasteiger charge is -2.30. The Balaban J connectivity index is 1.85. The fourth-order valence-electron chi connectivity index (χ4n) is 1.99. The normalized spacial score (nSPS) is 31.1. The second-order valence-electron chi connectivity index (χ2n) is 4.87. The quantitative estimate of drug-likeness (QED) is 0.539. The van der Waals surface area contributed by atoms with Crippen LogP contribution in [0.1, 0.15) is 33.1 Å². The highest BCUT2D eigenvalue weighted by Crippen LogP contribution is 2.41. The number of hydrogen-bond acceptors (Lipinski definition) is 4. The number of esters is 1. The van der Waals surface area contributed by atoms with Crippen molar-refractivity contribution in [3.8, 4) is 0 Å². The summed E-state index contributed by atoms with van der Waals surface area (Å²) in [6, 6.07) is 0. The first-order valence-corrected chi connectivity index (χ1v) is 5.58. The van der Waals surface area contributed by atoms with Gasteiger partial charge in [-0.1, -0.05) is 0 Å². The van der Waals surface area contributed by atoms with E-state index in [1.165, 1.54) is 6.08 Å². The zero-order valence-corrected chi connectivity index (χ0v) is 9.56. The average molecular weight is 224 g/mol. The Morgan fingerprint density at radius 2 is 2.25 bits per heavy atom. The monoisotopic (exact) mass is 224 g/mol. The predicted molar refractivity (Wildman–Crippen MR) is 56.2 cm³/mol. The first kappa shape index (κ1) is 11.2. The minimum absolute atomic E-state index is 0.226. The van der Waals surface area contributed by atoms with Gasteiger partial charge in [0.25, 0.3) is 0 Å². The van der Waals surface area contributed by atoms with Gasteiger partial charge in [0, 0.05) is 26.2 Å². The molecule has 1 heterocycles. The number of allylic oxidation sites excluding steroid dienone is 1. The van der Waals surface area contributed by atoms with Gasteiger partial charge in [-0.25, -0.2) is 4.79 Å². The van der Waals surface area contributed by atoms with Crippen molar-refractivity contribution in [2.24, 2.45) is 11.8 Å². The summed E-state index contributed by atoms with van der Waals surface area (Å²) < 4.78 is 10.5. The van der Waals surface area contributed by atoms with Crippen molar-refractivity contribution in [3.63, 3.8) is 0 Å². The van der Waals surface area contributed by atoms with E-state index in [2.05, 4.69) is 0 Å². The van der Waals surface area contributed by atoms with Crippen LogP contribution in [0.4, 0.5) is 0 Å². The van der Waals surface area contributed by atoms with Gasteiger partial charge in [0.15, 0.2) is 0 Å².